The molecule has 0 unspecified atom stereocenters. The van der Waals surface area contributed by atoms with Gasteiger partial charge in [0.25, 0.3) is 0 Å². The maximum atomic E-state index is 11.7. The average molecular weight is 265 g/mol. The highest BCUT2D eigenvalue weighted by atomic mass is 16.6. The van der Waals surface area contributed by atoms with Crippen molar-refractivity contribution in [3.63, 3.8) is 0 Å². The molecule has 7 nitrogen and oxygen atoms in total. The molecular weight excluding hydrogens is 250 g/mol. The SMILES string of the molecule is CCOC(=O)n1nc2cc(OC)c(OC)cc2c1N. The summed E-state index contributed by atoms with van der Waals surface area (Å²) in [6.45, 7) is 1.96. The Bertz CT molecular complexity index is 621. The van der Waals surface area contributed by atoms with Crippen LogP contribution in [0.15, 0.2) is 12.1 Å². The van der Waals surface area contributed by atoms with Crippen LogP contribution >= 0.6 is 0 Å². The van der Waals surface area contributed by atoms with E-state index in [9.17, 15) is 4.79 Å². The molecule has 2 rings (SSSR count). The molecule has 2 aromatic rings. The molecule has 19 heavy (non-hydrogen) atoms. The summed E-state index contributed by atoms with van der Waals surface area (Å²) in [4.78, 5) is 11.7. The van der Waals surface area contributed by atoms with E-state index in [1.54, 1.807) is 19.1 Å². The van der Waals surface area contributed by atoms with Crippen LogP contribution in [0.5, 0.6) is 11.5 Å². The second-order valence-electron chi connectivity index (χ2n) is 3.72. The van der Waals surface area contributed by atoms with Crippen molar-refractivity contribution in [1.29, 1.82) is 0 Å². The Morgan fingerprint density at radius 1 is 1.32 bits per heavy atom. The van der Waals surface area contributed by atoms with Gasteiger partial charge < -0.3 is 19.9 Å². The van der Waals surface area contributed by atoms with Gasteiger partial charge in [-0.25, -0.2) is 4.79 Å². The highest BCUT2D eigenvalue weighted by Crippen LogP contribution is 2.34. The number of hydrogen-bond donors (Lipinski definition) is 1. The second kappa shape index (κ2) is 5.05. The van der Waals surface area contributed by atoms with Crippen LogP contribution in [0.3, 0.4) is 0 Å². The number of nitrogens with two attached hydrogens (primary N) is 1. The molecule has 0 aliphatic heterocycles. The molecule has 0 aliphatic carbocycles. The summed E-state index contributed by atoms with van der Waals surface area (Å²) < 4.78 is 16.2. The lowest BCUT2D eigenvalue weighted by molar-refractivity contribution is 0.151. The van der Waals surface area contributed by atoms with E-state index in [1.165, 1.54) is 14.2 Å². The zero-order valence-electron chi connectivity index (χ0n) is 11.0. The summed E-state index contributed by atoms with van der Waals surface area (Å²) in [5.41, 5.74) is 6.42. The predicted octanol–water partition coefficient (Wildman–Crippen LogP) is 1.64. The van der Waals surface area contributed by atoms with E-state index in [4.69, 9.17) is 19.9 Å². The lowest BCUT2D eigenvalue weighted by Crippen LogP contribution is -2.17. The number of nitrogen functional groups attached to an aromatic ring is 1. The standard InChI is InChI=1S/C12H15N3O4/c1-4-19-12(16)15-11(13)7-5-9(17-2)10(18-3)6-8(7)14-15/h5-6H,4,13H2,1-3H3. The Kier molecular flexibility index (Phi) is 3.46. The summed E-state index contributed by atoms with van der Waals surface area (Å²) in [7, 11) is 3.05. The van der Waals surface area contributed by atoms with Crippen LogP contribution in [0.4, 0.5) is 10.6 Å². The molecule has 7 heteroatoms. The van der Waals surface area contributed by atoms with Crippen LogP contribution in [0, 0.1) is 0 Å². The molecule has 0 bridgehead atoms. The Morgan fingerprint density at radius 2 is 1.95 bits per heavy atom. The van der Waals surface area contributed by atoms with E-state index >= 15 is 0 Å². The normalized spacial score (nSPS) is 10.5. The minimum absolute atomic E-state index is 0.203. The largest absolute Gasteiger partial charge is 0.493 e. The predicted molar refractivity (Wildman–Crippen MR) is 69.7 cm³/mol. The van der Waals surface area contributed by atoms with Crippen LogP contribution in [-0.2, 0) is 4.74 Å². The van der Waals surface area contributed by atoms with Gasteiger partial charge in [0.05, 0.1) is 26.3 Å². The summed E-state index contributed by atoms with van der Waals surface area (Å²) >= 11 is 0. The minimum Gasteiger partial charge on any atom is -0.493 e. The van der Waals surface area contributed by atoms with Gasteiger partial charge in [-0.15, -0.1) is 4.68 Å². The summed E-state index contributed by atoms with van der Waals surface area (Å²) in [5, 5.41) is 4.70. The highest BCUT2D eigenvalue weighted by molar-refractivity contribution is 5.95. The van der Waals surface area contributed by atoms with Crippen molar-refractivity contribution in [1.82, 2.24) is 9.78 Å². The molecule has 0 amide bonds. The molecule has 0 radical (unpaired) electrons. The van der Waals surface area contributed by atoms with Gasteiger partial charge in [-0.2, -0.15) is 5.10 Å². The number of benzene rings is 1. The van der Waals surface area contributed by atoms with Crippen molar-refractivity contribution in [2.45, 2.75) is 6.92 Å². The van der Waals surface area contributed by atoms with Crippen molar-refractivity contribution >= 4 is 22.8 Å². The number of methoxy groups -OCH3 is 2. The number of nitrogens with zero attached hydrogens (tertiary/aromatic N) is 2. The van der Waals surface area contributed by atoms with Gasteiger partial charge in [0.15, 0.2) is 11.5 Å². The zero-order chi connectivity index (χ0) is 14.0. The fourth-order valence-electron chi connectivity index (χ4n) is 1.76. The lowest BCUT2D eigenvalue weighted by atomic mass is 10.2. The minimum atomic E-state index is -0.617. The van der Waals surface area contributed by atoms with E-state index in [0.29, 0.717) is 22.4 Å². The van der Waals surface area contributed by atoms with Gasteiger partial charge >= 0.3 is 6.09 Å². The Hall–Kier alpha value is -2.44. The Labute approximate surface area is 109 Å². The van der Waals surface area contributed by atoms with Gasteiger partial charge in [-0.3, -0.25) is 0 Å². The third-order valence-corrected chi connectivity index (χ3v) is 2.65. The third kappa shape index (κ3) is 2.14. The quantitative estimate of drug-likeness (QED) is 0.907. The molecule has 0 fully saturated rings. The topological polar surface area (TPSA) is 88.6 Å². The molecule has 0 saturated carbocycles. The third-order valence-electron chi connectivity index (χ3n) is 2.65. The molecule has 0 spiro atoms. The molecule has 2 N–H and O–H groups in total. The molecular formula is C12H15N3O4. The first-order valence-corrected chi connectivity index (χ1v) is 5.69. The van der Waals surface area contributed by atoms with Crippen molar-refractivity contribution in [3.8, 4) is 11.5 Å². The Balaban J connectivity index is 2.60. The van der Waals surface area contributed by atoms with Crippen LogP contribution in [0.25, 0.3) is 10.9 Å². The number of anilines is 1. The smallest absolute Gasteiger partial charge is 0.436 e. The van der Waals surface area contributed by atoms with E-state index in [0.717, 1.165) is 4.68 Å². The maximum Gasteiger partial charge on any atom is 0.436 e. The first-order valence-electron chi connectivity index (χ1n) is 5.69. The molecule has 0 atom stereocenters. The molecule has 1 aromatic heterocycles. The number of carbonyl (C=O) groups excluding carboxylic acids is 1. The fraction of sp³-hybridized carbons (Fsp3) is 0.333. The monoisotopic (exact) mass is 265 g/mol. The van der Waals surface area contributed by atoms with E-state index in [-0.39, 0.29) is 12.4 Å². The van der Waals surface area contributed by atoms with Crippen molar-refractivity contribution in [3.05, 3.63) is 12.1 Å². The van der Waals surface area contributed by atoms with Crippen molar-refractivity contribution in [2.24, 2.45) is 0 Å². The average Bonchev–Trinajstić information content (AvgIpc) is 2.74. The van der Waals surface area contributed by atoms with Gasteiger partial charge in [0.2, 0.25) is 0 Å². The van der Waals surface area contributed by atoms with Gasteiger partial charge in [-0.1, -0.05) is 0 Å². The van der Waals surface area contributed by atoms with Crippen molar-refractivity contribution in [2.75, 3.05) is 26.6 Å². The lowest BCUT2D eigenvalue weighted by Gasteiger charge is -2.06. The summed E-state index contributed by atoms with van der Waals surface area (Å²) in [6, 6.07) is 3.33. The highest BCUT2D eigenvalue weighted by Gasteiger charge is 2.18. The molecule has 1 aromatic carbocycles. The van der Waals surface area contributed by atoms with Gasteiger partial charge in [0, 0.05) is 11.5 Å². The molecule has 102 valence electrons. The fourth-order valence-corrected chi connectivity index (χ4v) is 1.76. The number of hydrogen-bond acceptors (Lipinski definition) is 6. The van der Waals surface area contributed by atoms with Crippen LogP contribution in [-0.4, -0.2) is 36.7 Å². The van der Waals surface area contributed by atoms with E-state index in [1.807, 2.05) is 0 Å². The molecule has 0 aliphatic rings. The van der Waals surface area contributed by atoms with E-state index < -0.39 is 6.09 Å². The number of ether oxygens (including phenoxy) is 3. The Morgan fingerprint density at radius 3 is 2.53 bits per heavy atom. The van der Waals surface area contributed by atoms with E-state index in [2.05, 4.69) is 5.10 Å². The van der Waals surface area contributed by atoms with Gasteiger partial charge in [-0.05, 0) is 13.0 Å². The van der Waals surface area contributed by atoms with Gasteiger partial charge in [0.1, 0.15) is 5.82 Å². The first kappa shape index (κ1) is 13.0. The van der Waals surface area contributed by atoms with Crippen LogP contribution in [0.1, 0.15) is 6.92 Å². The second-order valence-corrected chi connectivity index (χ2v) is 3.72. The molecule has 1 heterocycles. The number of fused-ring (bicyclic) bond motifs is 1. The molecule has 0 saturated heterocycles. The number of carbonyl (C=O) groups is 1. The maximum absolute atomic E-state index is 11.7. The first-order chi connectivity index (χ1) is 9.12. The summed E-state index contributed by atoms with van der Waals surface area (Å²) in [5.74, 6) is 1.24. The number of aromatic nitrogens is 2. The van der Waals surface area contributed by atoms with Crippen molar-refractivity contribution < 1.29 is 19.0 Å². The number of rotatable bonds is 3. The van der Waals surface area contributed by atoms with Crippen LogP contribution in [0.2, 0.25) is 0 Å². The summed E-state index contributed by atoms with van der Waals surface area (Å²) in [6.07, 6.45) is -0.617. The zero-order valence-corrected chi connectivity index (χ0v) is 11.0. The van der Waals surface area contributed by atoms with Crippen LogP contribution < -0.4 is 15.2 Å².